The zero-order valence-electron chi connectivity index (χ0n) is 11.5. The van der Waals surface area contributed by atoms with Crippen LogP contribution in [-0.2, 0) is 0 Å². The molecule has 2 rings (SSSR count). The lowest BCUT2D eigenvalue weighted by molar-refractivity contribution is 0.430. The SMILES string of the molecule is CCNC(C)c1ccccc1Oc1ccc(Br)cc1F. The third kappa shape index (κ3) is 3.58. The van der Waals surface area contributed by atoms with E-state index < -0.39 is 0 Å². The number of benzene rings is 2. The molecule has 1 N–H and O–H groups in total. The summed E-state index contributed by atoms with van der Waals surface area (Å²) in [5, 5.41) is 3.33. The van der Waals surface area contributed by atoms with Crippen LogP contribution in [0.5, 0.6) is 11.5 Å². The minimum atomic E-state index is -0.384. The van der Waals surface area contributed by atoms with E-state index >= 15 is 0 Å². The number of rotatable bonds is 5. The Hall–Kier alpha value is -1.39. The van der Waals surface area contributed by atoms with Gasteiger partial charge in [0.05, 0.1) is 0 Å². The van der Waals surface area contributed by atoms with Crippen LogP contribution in [-0.4, -0.2) is 6.54 Å². The van der Waals surface area contributed by atoms with E-state index in [1.54, 1.807) is 12.1 Å². The summed E-state index contributed by atoms with van der Waals surface area (Å²) in [6.07, 6.45) is 0. The highest BCUT2D eigenvalue weighted by Crippen LogP contribution is 2.31. The van der Waals surface area contributed by atoms with Crippen LogP contribution >= 0.6 is 15.9 Å². The van der Waals surface area contributed by atoms with Crippen molar-refractivity contribution in [2.45, 2.75) is 19.9 Å². The quantitative estimate of drug-likeness (QED) is 0.824. The summed E-state index contributed by atoms with van der Waals surface area (Å²) in [4.78, 5) is 0. The first-order chi connectivity index (χ1) is 9.61. The second kappa shape index (κ2) is 6.86. The summed E-state index contributed by atoms with van der Waals surface area (Å²) in [5.74, 6) is 0.511. The molecule has 0 saturated heterocycles. The second-order valence-corrected chi connectivity index (χ2v) is 5.41. The van der Waals surface area contributed by atoms with Crippen LogP contribution in [0.25, 0.3) is 0 Å². The molecule has 0 saturated carbocycles. The van der Waals surface area contributed by atoms with Gasteiger partial charge in [-0.2, -0.15) is 0 Å². The lowest BCUT2D eigenvalue weighted by atomic mass is 10.1. The number of ether oxygens (including phenoxy) is 1. The van der Waals surface area contributed by atoms with Crippen molar-refractivity contribution in [1.29, 1.82) is 0 Å². The monoisotopic (exact) mass is 337 g/mol. The maximum absolute atomic E-state index is 13.8. The van der Waals surface area contributed by atoms with Crippen molar-refractivity contribution in [3.05, 3.63) is 58.3 Å². The molecule has 0 aromatic heterocycles. The number of hydrogen-bond acceptors (Lipinski definition) is 2. The van der Waals surface area contributed by atoms with Gasteiger partial charge in [-0.15, -0.1) is 0 Å². The average Bonchev–Trinajstić information content (AvgIpc) is 2.43. The van der Waals surface area contributed by atoms with Gasteiger partial charge in [-0.05, 0) is 37.7 Å². The summed E-state index contributed by atoms with van der Waals surface area (Å²) in [6.45, 7) is 4.97. The molecule has 0 spiro atoms. The summed E-state index contributed by atoms with van der Waals surface area (Å²) in [7, 11) is 0. The van der Waals surface area contributed by atoms with Crippen molar-refractivity contribution in [2.75, 3.05) is 6.54 Å². The molecule has 2 nitrogen and oxygen atoms in total. The van der Waals surface area contributed by atoms with E-state index in [0.717, 1.165) is 12.1 Å². The van der Waals surface area contributed by atoms with Crippen LogP contribution in [0.1, 0.15) is 25.5 Å². The Morgan fingerprint density at radius 3 is 2.65 bits per heavy atom. The number of para-hydroxylation sites is 1. The first-order valence-electron chi connectivity index (χ1n) is 6.57. The molecule has 0 amide bonds. The lowest BCUT2D eigenvalue weighted by Gasteiger charge is -2.17. The fourth-order valence-corrected chi connectivity index (χ4v) is 2.36. The van der Waals surface area contributed by atoms with Gasteiger partial charge >= 0.3 is 0 Å². The molecule has 0 aliphatic rings. The zero-order chi connectivity index (χ0) is 14.5. The third-order valence-corrected chi connectivity index (χ3v) is 3.50. The highest BCUT2D eigenvalue weighted by molar-refractivity contribution is 9.10. The molecular weight excluding hydrogens is 321 g/mol. The molecule has 0 aliphatic heterocycles. The standard InChI is InChI=1S/C16H17BrFNO/c1-3-19-11(2)13-6-4-5-7-15(13)20-16-9-8-12(17)10-14(16)18/h4-11,19H,3H2,1-2H3. The number of halogens is 2. The molecule has 2 aromatic carbocycles. The van der Waals surface area contributed by atoms with Crippen LogP contribution in [0.4, 0.5) is 4.39 Å². The van der Waals surface area contributed by atoms with Crippen LogP contribution in [0.3, 0.4) is 0 Å². The molecule has 20 heavy (non-hydrogen) atoms. The Bertz CT molecular complexity index is 588. The van der Waals surface area contributed by atoms with Crippen molar-refractivity contribution in [3.8, 4) is 11.5 Å². The molecule has 0 fully saturated rings. The molecular formula is C16H17BrFNO. The molecule has 0 heterocycles. The smallest absolute Gasteiger partial charge is 0.166 e. The first-order valence-corrected chi connectivity index (χ1v) is 7.36. The molecule has 4 heteroatoms. The Labute approximate surface area is 127 Å². The number of hydrogen-bond donors (Lipinski definition) is 1. The van der Waals surface area contributed by atoms with Crippen LogP contribution in [0.2, 0.25) is 0 Å². The highest BCUT2D eigenvalue weighted by atomic mass is 79.9. The van der Waals surface area contributed by atoms with E-state index in [0.29, 0.717) is 10.2 Å². The van der Waals surface area contributed by atoms with Crippen LogP contribution in [0, 0.1) is 5.82 Å². The van der Waals surface area contributed by atoms with Gasteiger partial charge in [0.2, 0.25) is 0 Å². The van der Waals surface area contributed by atoms with Crippen molar-refractivity contribution in [3.63, 3.8) is 0 Å². The van der Waals surface area contributed by atoms with Gasteiger partial charge in [-0.1, -0.05) is 41.1 Å². The maximum atomic E-state index is 13.8. The molecule has 0 aliphatic carbocycles. The average molecular weight is 338 g/mol. The van der Waals surface area contributed by atoms with E-state index in [1.807, 2.05) is 31.2 Å². The van der Waals surface area contributed by atoms with Gasteiger partial charge in [0.15, 0.2) is 11.6 Å². The lowest BCUT2D eigenvalue weighted by Crippen LogP contribution is -2.18. The predicted octanol–water partition coefficient (Wildman–Crippen LogP) is 5.05. The Kier molecular flexibility index (Phi) is 5.15. The summed E-state index contributed by atoms with van der Waals surface area (Å²) >= 11 is 3.23. The van der Waals surface area contributed by atoms with Crippen molar-refractivity contribution in [2.24, 2.45) is 0 Å². The molecule has 106 valence electrons. The Balaban J connectivity index is 2.29. The van der Waals surface area contributed by atoms with Crippen LogP contribution < -0.4 is 10.1 Å². The normalized spacial score (nSPS) is 12.2. The third-order valence-electron chi connectivity index (χ3n) is 3.01. The second-order valence-electron chi connectivity index (χ2n) is 4.49. The Morgan fingerprint density at radius 2 is 1.95 bits per heavy atom. The van der Waals surface area contributed by atoms with E-state index in [4.69, 9.17) is 4.74 Å². The predicted molar refractivity (Wildman–Crippen MR) is 82.7 cm³/mol. The van der Waals surface area contributed by atoms with Crippen molar-refractivity contribution >= 4 is 15.9 Å². The Morgan fingerprint density at radius 1 is 1.20 bits per heavy atom. The highest BCUT2D eigenvalue weighted by Gasteiger charge is 2.12. The first kappa shape index (κ1) is 15.0. The van der Waals surface area contributed by atoms with Gasteiger partial charge in [-0.25, -0.2) is 4.39 Å². The minimum absolute atomic E-state index is 0.148. The fraction of sp³-hybridized carbons (Fsp3) is 0.250. The fourth-order valence-electron chi connectivity index (χ4n) is 2.02. The van der Waals surface area contributed by atoms with E-state index in [2.05, 4.69) is 28.2 Å². The molecule has 2 aromatic rings. The topological polar surface area (TPSA) is 21.3 Å². The van der Waals surface area contributed by atoms with Gasteiger partial charge in [0, 0.05) is 16.1 Å². The molecule has 1 unspecified atom stereocenters. The molecule has 0 bridgehead atoms. The largest absolute Gasteiger partial charge is 0.454 e. The summed E-state index contributed by atoms with van der Waals surface area (Å²) < 4.78 is 20.3. The van der Waals surface area contributed by atoms with E-state index in [9.17, 15) is 4.39 Å². The molecule has 0 radical (unpaired) electrons. The van der Waals surface area contributed by atoms with Gasteiger partial charge in [0.25, 0.3) is 0 Å². The van der Waals surface area contributed by atoms with Crippen molar-refractivity contribution in [1.82, 2.24) is 5.32 Å². The summed E-state index contributed by atoms with van der Waals surface area (Å²) in [6, 6.07) is 12.6. The minimum Gasteiger partial charge on any atom is -0.454 e. The van der Waals surface area contributed by atoms with E-state index in [-0.39, 0.29) is 17.6 Å². The van der Waals surface area contributed by atoms with Gasteiger partial charge in [0.1, 0.15) is 5.75 Å². The van der Waals surface area contributed by atoms with E-state index in [1.165, 1.54) is 6.07 Å². The van der Waals surface area contributed by atoms with Crippen molar-refractivity contribution < 1.29 is 9.13 Å². The van der Waals surface area contributed by atoms with Gasteiger partial charge < -0.3 is 10.1 Å². The zero-order valence-corrected chi connectivity index (χ0v) is 13.1. The van der Waals surface area contributed by atoms with Crippen LogP contribution in [0.15, 0.2) is 46.9 Å². The molecule has 1 atom stereocenters. The summed E-state index contributed by atoms with van der Waals surface area (Å²) in [5.41, 5.74) is 1.01. The maximum Gasteiger partial charge on any atom is 0.166 e. The number of nitrogens with one attached hydrogen (secondary N) is 1. The van der Waals surface area contributed by atoms with Gasteiger partial charge in [-0.3, -0.25) is 0 Å².